The molecule has 1 saturated carbocycles. The van der Waals surface area contributed by atoms with Crippen LogP contribution in [0, 0.1) is 5.92 Å². The minimum atomic E-state index is 0. The molecule has 2 heterocycles. The number of aromatic nitrogens is 3. The van der Waals surface area contributed by atoms with Crippen molar-refractivity contribution in [3.05, 3.63) is 30.2 Å². The molecule has 0 saturated heterocycles. The summed E-state index contributed by atoms with van der Waals surface area (Å²) in [5, 5.41) is 11.1. The van der Waals surface area contributed by atoms with Gasteiger partial charge in [0.2, 0.25) is 5.91 Å². The van der Waals surface area contributed by atoms with E-state index in [9.17, 15) is 4.79 Å². The number of rotatable bonds is 3. The van der Waals surface area contributed by atoms with Crippen molar-refractivity contribution < 1.29 is 4.79 Å². The fourth-order valence-electron chi connectivity index (χ4n) is 2.79. The highest BCUT2D eigenvalue weighted by Gasteiger charge is 2.25. The minimum Gasteiger partial charge on any atom is -0.349 e. The SMILES string of the molecule is Cl.Cl.NC1CCCC(C(=O)NCc2nnc3ccccn23)C1. The van der Waals surface area contributed by atoms with Crippen molar-refractivity contribution in [1.29, 1.82) is 0 Å². The van der Waals surface area contributed by atoms with Gasteiger partial charge in [-0.1, -0.05) is 12.5 Å². The van der Waals surface area contributed by atoms with Gasteiger partial charge in [0.15, 0.2) is 11.5 Å². The number of carbonyl (C=O) groups excluding carboxylic acids is 1. The number of hydrogen-bond acceptors (Lipinski definition) is 4. The van der Waals surface area contributed by atoms with Crippen LogP contribution in [-0.4, -0.2) is 26.5 Å². The van der Waals surface area contributed by atoms with E-state index in [0.29, 0.717) is 6.54 Å². The van der Waals surface area contributed by atoms with E-state index in [4.69, 9.17) is 5.73 Å². The van der Waals surface area contributed by atoms with Crippen LogP contribution in [0.25, 0.3) is 5.65 Å². The molecule has 0 aromatic carbocycles. The molecule has 6 nitrogen and oxygen atoms in total. The van der Waals surface area contributed by atoms with E-state index >= 15 is 0 Å². The van der Waals surface area contributed by atoms with Crippen LogP contribution in [0.2, 0.25) is 0 Å². The lowest BCUT2D eigenvalue weighted by atomic mass is 9.85. The third-order valence-corrected chi connectivity index (χ3v) is 3.89. The van der Waals surface area contributed by atoms with Gasteiger partial charge in [-0.25, -0.2) is 0 Å². The molecule has 122 valence electrons. The molecule has 1 fully saturated rings. The normalized spacial score (nSPS) is 20.8. The van der Waals surface area contributed by atoms with Crippen LogP contribution in [0.4, 0.5) is 0 Å². The summed E-state index contributed by atoms with van der Waals surface area (Å²) in [7, 11) is 0. The molecular formula is C14H21Cl2N5O. The highest BCUT2D eigenvalue weighted by atomic mass is 35.5. The van der Waals surface area contributed by atoms with Crippen molar-refractivity contribution >= 4 is 36.4 Å². The van der Waals surface area contributed by atoms with Crippen molar-refractivity contribution in [2.24, 2.45) is 11.7 Å². The first kappa shape index (κ1) is 18.7. The maximum absolute atomic E-state index is 12.2. The molecule has 0 radical (unpaired) electrons. The summed E-state index contributed by atoms with van der Waals surface area (Å²) in [6.45, 7) is 0.399. The molecule has 1 aliphatic rings. The molecule has 0 aliphatic heterocycles. The number of nitrogens with one attached hydrogen (secondary N) is 1. The highest BCUT2D eigenvalue weighted by Crippen LogP contribution is 2.23. The van der Waals surface area contributed by atoms with Crippen LogP contribution in [0.3, 0.4) is 0 Å². The van der Waals surface area contributed by atoms with Gasteiger partial charge in [-0.3, -0.25) is 9.20 Å². The Morgan fingerprint density at radius 2 is 2.14 bits per heavy atom. The molecule has 1 aliphatic carbocycles. The quantitative estimate of drug-likeness (QED) is 0.886. The second-order valence-corrected chi connectivity index (χ2v) is 5.39. The summed E-state index contributed by atoms with van der Waals surface area (Å²) in [5.41, 5.74) is 6.71. The predicted molar refractivity (Wildman–Crippen MR) is 89.3 cm³/mol. The number of pyridine rings is 1. The highest BCUT2D eigenvalue weighted by molar-refractivity contribution is 5.85. The van der Waals surface area contributed by atoms with Crippen molar-refractivity contribution in [2.45, 2.75) is 38.3 Å². The molecule has 22 heavy (non-hydrogen) atoms. The zero-order chi connectivity index (χ0) is 13.9. The molecule has 8 heteroatoms. The van der Waals surface area contributed by atoms with Crippen LogP contribution >= 0.6 is 24.8 Å². The van der Waals surface area contributed by atoms with E-state index in [1.54, 1.807) is 0 Å². The number of carbonyl (C=O) groups is 1. The Bertz CT molecular complexity index is 618. The Morgan fingerprint density at radius 3 is 2.91 bits per heavy atom. The fraction of sp³-hybridized carbons (Fsp3) is 0.500. The summed E-state index contributed by atoms with van der Waals surface area (Å²) < 4.78 is 1.88. The number of hydrogen-bond donors (Lipinski definition) is 2. The lowest BCUT2D eigenvalue weighted by molar-refractivity contribution is -0.126. The van der Waals surface area contributed by atoms with Crippen molar-refractivity contribution in [3.63, 3.8) is 0 Å². The van der Waals surface area contributed by atoms with E-state index in [2.05, 4.69) is 15.5 Å². The van der Waals surface area contributed by atoms with E-state index in [0.717, 1.165) is 37.2 Å². The monoisotopic (exact) mass is 345 g/mol. The van der Waals surface area contributed by atoms with Crippen LogP contribution in [0.15, 0.2) is 24.4 Å². The smallest absolute Gasteiger partial charge is 0.223 e. The van der Waals surface area contributed by atoms with E-state index in [1.807, 2.05) is 28.8 Å². The van der Waals surface area contributed by atoms with Gasteiger partial charge in [0.1, 0.15) is 0 Å². The molecule has 0 bridgehead atoms. The Hall–Kier alpha value is -1.37. The zero-order valence-corrected chi connectivity index (χ0v) is 13.8. The minimum absolute atomic E-state index is 0. The Balaban J connectivity index is 0.00000121. The predicted octanol–water partition coefficient (Wildman–Crippen LogP) is 1.71. The van der Waals surface area contributed by atoms with Gasteiger partial charge in [0, 0.05) is 18.2 Å². The van der Waals surface area contributed by atoms with E-state index in [1.165, 1.54) is 0 Å². The summed E-state index contributed by atoms with van der Waals surface area (Å²) in [4.78, 5) is 12.2. The number of nitrogens with two attached hydrogens (primary N) is 1. The van der Waals surface area contributed by atoms with Crippen molar-refractivity contribution in [1.82, 2.24) is 19.9 Å². The van der Waals surface area contributed by atoms with E-state index in [-0.39, 0.29) is 42.7 Å². The average Bonchev–Trinajstić information content (AvgIpc) is 2.88. The summed E-state index contributed by atoms with van der Waals surface area (Å²) in [6.07, 6.45) is 5.67. The first-order chi connectivity index (χ1) is 9.74. The van der Waals surface area contributed by atoms with Crippen LogP contribution < -0.4 is 11.1 Å². The maximum Gasteiger partial charge on any atom is 0.223 e. The molecule has 1 amide bonds. The van der Waals surface area contributed by atoms with Gasteiger partial charge in [-0.2, -0.15) is 0 Å². The van der Waals surface area contributed by atoms with Gasteiger partial charge in [-0.05, 0) is 31.4 Å². The number of fused-ring (bicyclic) bond motifs is 1. The number of amides is 1. The standard InChI is InChI=1S/C14H19N5O.2ClH/c15-11-5-3-4-10(8-11)14(20)16-9-13-18-17-12-6-1-2-7-19(12)13;;/h1-2,6-7,10-11H,3-5,8-9,15H2,(H,16,20);2*1H. The molecule has 3 N–H and O–H groups in total. The van der Waals surface area contributed by atoms with E-state index < -0.39 is 0 Å². The largest absolute Gasteiger partial charge is 0.349 e. The second-order valence-electron chi connectivity index (χ2n) is 5.39. The molecule has 3 rings (SSSR count). The lowest BCUT2D eigenvalue weighted by Gasteiger charge is -2.25. The van der Waals surface area contributed by atoms with Crippen LogP contribution in [-0.2, 0) is 11.3 Å². The van der Waals surface area contributed by atoms with Gasteiger partial charge < -0.3 is 11.1 Å². The summed E-state index contributed by atoms with van der Waals surface area (Å²) in [6, 6.07) is 5.88. The van der Waals surface area contributed by atoms with Crippen molar-refractivity contribution in [3.8, 4) is 0 Å². The second kappa shape index (κ2) is 8.31. The molecule has 0 spiro atoms. The molecule has 2 unspecified atom stereocenters. The summed E-state index contributed by atoms with van der Waals surface area (Å²) >= 11 is 0. The summed E-state index contributed by atoms with van der Waals surface area (Å²) in [5.74, 6) is 0.861. The molecule has 2 aromatic heterocycles. The van der Waals surface area contributed by atoms with Gasteiger partial charge in [0.25, 0.3) is 0 Å². The Kier molecular flexibility index (Phi) is 7.06. The Labute approximate surface area is 141 Å². The van der Waals surface area contributed by atoms with Crippen molar-refractivity contribution in [2.75, 3.05) is 0 Å². The zero-order valence-electron chi connectivity index (χ0n) is 12.1. The third-order valence-electron chi connectivity index (χ3n) is 3.89. The maximum atomic E-state index is 12.2. The molecular weight excluding hydrogens is 325 g/mol. The third kappa shape index (κ3) is 4.09. The molecule has 2 atom stereocenters. The van der Waals surface area contributed by atoms with Gasteiger partial charge in [0.05, 0.1) is 6.54 Å². The fourth-order valence-corrected chi connectivity index (χ4v) is 2.79. The first-order valence-corrected chi connectivity index (χ1v) is 7.06. The lowest BCUT2D eigenvalue weighted by Crippen LogP contribution is -2.37. The van der Waals surface area contributed by atoms with Crippen LogP contribution in [0.1, 0.15) is 31.5 Å². The number of halogens is 2. The van der Waals surface area contributed by atoms with Gasteiger partial charge in [-0.15, -0.1) is 35.0 Å². The number of nitrogens with zero attached hydrogens (tertiary/aromatic N) is 3. The van der Waals surface area contributed by atoms with Gasteiger partial charge >= 0.3 is 0 Å². The van der Waals surface area contributed by atoms with Crippen LogP contribution in [0.5, 0.6) is 0 Å². The Morgan fingerprint density at radius 1 is 1.32 bits per heavy atom. The average molecular weight is 346 g/mol. The first-order valence-electron chi connectivity index (χ1n) is 7.06. The molecule has 2 aromatic rings. The topological polar surface area (TPSA) is 85.3 Å².